The summed E-state index contributed by atoms with van der Waals surface area (Å²) in [7, 11) is 0.237. The highest BCUT2D eigenvalue weighted by atomic mass is 28.2. The summed E-state index contributed by atoms with van der Waals surface area (Å²) in [6, 6.07) is 19.8. The first-order valence-corrected chi connectivity index (χ1v) is 5.61. The molecule has 0 N–H and O–H groups in total. The number of hydrogen-bond acceptors (Lipinski definition) is 2. The molecule has 72 valence electrons. The number of benzene rings is 2. The molecule has 0 fully saturated rings. The van der Waals surface area contributed by atoms with Gasteiger partial charge in [-0.3, -0.25) is 0 Å². The smallest absolute Gasteiger partial charge is 0.224 e. The Morgan fingerprint density at radius 1 is 0.600 bits per heavy atom. The summed E-state index contributed by atoms with van der Waals surface area (Å²) in [6.45, 7) is 0. The second-order valence-electron chi connectivity index (χ2n) is 2.99. The van der Waals surface area contributed by atoms with Gasteiger partial charge < -0.3 is 0 Å². The molecule has 15 heavy (non-hydrogen) atoms. The SMILES string of the molecule is c1ccc(N=[Si]=Nc2ccccc2)cc1. The first-order chi connectivity index (χ1) is 7.45. The number of hydrogen-bond donors (Lipinski definition) is 0. The van der Waals surface area contributed by atoms with Gasteiger partial charge in [-0.2, -0.15) is 0 Å². The molecule has 0 spiro atoms. The third kappa shape index (κ3) is 3.14. The van der Waals surface area contributed by atoms with Crippen molar-refractivity contribution in [2.75, 3.05) is 0 Å². The summed E-state index contributed by atoms with van der Waals surface area (Å²) in [5, 5.41) is 0. The zero-order valence-electron chi connectivity index (χ0n) is 8.17. The highest BCUT2D eigenvalue weighted by Crippen LogP contribution is 2.10. The molecule has 2 aromatic rings. The average molecular weight is 210 g/mol. The van der Waals surface area contributed by atoms with E-state index in [1.807, 2.05) is 60.7 Å². The molecule has 2 rings (SSSR count). The van der Waals surface area contributed by atoms with Crippen molar-refractivity contribution in [3.05, 3.63) is 60.7 Å². The Hall–Kier alpha value is -1.74. The van der Waals surface area contributed by atoms with E-state index < -0.39 is 0 Å². The quantitative estimate of drug-likeness (QED) is 0.675. The second kappa shape index (κ2) is 5.22. The minimum absolute atomic E-state index is 0.237. The van der Waals surface area contributed by atoms with Gasteiger partial charge in [0.1, 0.15) is 0 Å². The summed E-state index contributed by atoms with van der Waals surface area (Å²) >= 11 is 0. The lowest BCUT2D eigenvalue weighted by molar-refractivity contribution is 1.52. The van der Waals surface area contributed by atoms with Crippen LogP contribution in [0.1, 0.15) is 0 Å². The Bertz CT molecular complexity index is 430. The molecule has 0 unspecified atom stereocenters. The van der Waals surface area contributed by atoms with E-state index in [1.165, 1.54) is 0 Å². The van der Waals surface area contributed by atoms with E-state index in [0.717, 1.165) is 11.4 Å². The van der Waals surface area contributed by atoms with Gasteiger partial charge in [-0.25, -0.2) is 9.27 Å². The molecule has 0 aromatic heterocycles. The predicted octanol–water partition coefficient (Wildman–Crippen LogP) is 3.72. The molecule has 0 amide bonds. The number of rotatable bonds is 2. The molecule has 0 aliphatic carbocycles. The highest BCUT2D eigenvalue weighted by Gasteiger charge is 1.82. The van der Waals surface area contributed by atoms with Crippen molar-refractivity contribution in [3.63, 3.8) is 0 Å². The van der Waals surface area contributed by atoms with E-state index in [0.29, 0.717) is 0 Å². The summed E-state index contributed by atoms with van der Waals surface area (Å²) in [5.74, 6) is 0. The molecule has 0 saturated heterocycles. The van der Waals surface area contributed by atoms with E-state index in [-0.39, 0.29) is 9.10 Å². The first-order valence-electron chi connectivity index (χ1n) is 4.72. The number of nitrogens with zero attached hydrogens (tertiary/aromatic N) is 2. The van der Waals surface area contributed by atoms with Crippen LogP contribution in [-0.2, 0) is 0 Å². The van der Waals surface area contributed by atoms with Gasteiger partial charge in [0.25, 0.3) is 0 Å². The molecule has 0 heterocycles. The largest absolute Gasteiger partial charge is 0.236 e. The van der Waals surface area contributed by atoms with Crippen LogP contribution >= 0.6 is 0 Å². The zero-order chi connectivity index (χ0) is 10.3. The monoisotopic (exact) mass is 210 g/mol. The Kier molecular flexibility index (Phi) is 3.41. The predicted molar refractivity (Wildman–Crippen MR) is 62.8 cm³/mol. The topological polar surface area (TPSA) is 24.7 Å². The Morgan fingerprint density at radius 2 is 1.00 bits per heavy atom. The summed E-state index contributed by atoms with van der Waals surface area (Å²) < 4.78 is 8.73. The van der Waals surface area contributed by atoms with Crippen molar-refractivity contribution in [2.24, 2.45) is 9.27 Å². The fraction of sp³-hybridized carbons (Fsp3) is 0. The van der Waals surface area contributed by atoms with Crippen LogP contribution in [0.3, 0.4) is 0 Å². The van der Waals surface area contributed by atoms with E-state index in [4.69, 9.17) is 0 Å². The van der Waals surface area contributed by atoms with Crippen molar-refractivity contribution < 1.29 is 0 Å². The van der Waals surface area contributed by atoms with Gasteiger partial charge in [0.05, 0.1) is 11.4 Å². The fourth-order valence-corrected chi connectivity index (χ4v) is 1.72. The van der Waals surface area contributed by atoms with Gasteiger partial charge >= 0.3 is 0 Å². The minimum Gasteiger partial charge on any atom is -0.236 e. The molecular weight excluding hydrogens is 200 g/mol. The fourth-order valence-electron chi connectivity index (χ4n) is 1.15. The molecule has 0 radical (unpaired) electrons. The van der Waals surface area contributed by atoms with Gasteiger partial charge in [-0.1, -0.05) is 36.4 Å². The summed E-state index contributed by atoms with van der Waals surface area (Å²) in [6.07, 6.45) is 0. The molecule has 2 aromatic carbocycles. The van der Waals surface area contributed by atoms with Crippen molar-refractivity contribution >= 4 is 20.5 Å². The average Bonchev–Trinajstić information content (AvgIpc) is 2.32. The highest BCUT2D eigenvalue weighted by molar-refractivity contribution is 6.09. The van der Waals surface area contributed by atoms with Crippen LogP contribution in [-0.4, -0.2) is 9.10 Å². The van der Waals surface area contributed by atoms with Gasteiger partial charge in [0, 0.05) is 0 Å². The van der Waals surface area contributed by atoms with Crippen LogP contribution in [0.5, 0.6) is 0 Å². The first kappa shape index (κ1) is 9.80. The molecule has 2 nitrogen and oxygen atoms in total. The standard InChI is InChI=1S/C12H10N2Si/c1-3-7-11(8-4-1)13-15-14-12-9-5-2-6-10-12/h1-10H. The van der Waals surface area contributed by atoms with Crippen molar-refractivity contribution in [1.29, 1.82) is 0 Å². The molecule has 3 heteroatoms. The van der Waals surface area contributed by atoms with Gasteiger partial charge in [0.15, 0.2) is 0 Å². The van der Waals surface area contributed by atoms with E-state index in [2.05, 4.69) is 9.27 Å². The Labute approximate surface area is 90.9 Å². The van der Waals surface area contributed by atoms with Crippen LogP contribution in [0.25, 0.3) is 0 Å². The van der Waals surface area contributed by atoms with Crippen LogP contribution in [0.2, 0.25) is 0 Å². The Balaban J connectivity index is 2.16. The second-order valence-corrected chi connectivity index (χ2v) is 3.64. The minimum atomic E-state index is 0.237. The maximum Gasteiger partial charge on any atom is 0.224 e. The lowest BCUT2D eigenvalue weighted by Crippen LogP contribution is -1.64. The van der Waals surface area contributed by atoms with Crippen molar-refractivity contribution in [2.45, 2.75) is 0 Å². The van der Waals surface area contributed by atoms with Gasteiger partial charge in [-0.15, -0.1) is 0 Å². The van der Waals surface area contributed by atoms with E-state index in [9.17, 15) is 0 Å². The zero-order valence-corrected chi connectivity index (χ0v) is 9.17. The molecule has 0 saturated carbocycles. The maximum atomic E-state index is 4.36. The van der Waals surface area contributed by atoms with Crippen LogP contribution in [0.15, 0.2) is 69.9 Å². The molecule has 0 bridgehead atoms. The maximum absolute atomic E-state index is 4.36. The van der Waals surface area contributed by atoms with E-state index >= 15 is 0 Å². The van der Waals surface area contributed by atoms with Crippen molar-refractivity contribution in [1.82, 2.24) is 0 Å². The van der Waals surface area contributed by atoms with Crippen LogP contribution < -0.4 is 0 Å². The Morgan fingerprint density at radius 3 is 1.40 bits per heavy atom. The summed E-state index contributed by atoms with van der Waals surface area (Å²) in [5.41, 5.74) is 1.96. The van der Waals surface area contributed by atoms with Crippen LogP contribution in [0, 0.1) is 0 Å². The van der Waals surface area contributed by atoms with Crippen LogP contribution in [0.4, 0.5) is 11.4 Å². The van der Waals surface area contributed by atoms with Crippen molar-refractivity contribution in [3.8, 4) is 0 Å². The van der Waals surface area contributed by atoms with Gasteiger partial charge in [0.2, 0.25) is 9.10 Å². The molecule has 0 atom stereocenters. The third-order valence-electron chi connectivity index (χ3n) is 1.87. The lowest BCUT2D eigenvalue weighted by Gasteiger charge is -1.88. The lowest BCUT2D eigenvalue weighted by atomic mass is 10.3. The summed E-state index contributed by atoms with van der Waals surface area (Å²) in [4.78, 5) is 0. The molecule has 0 aliphatic rings. The molecular formula is C12H10N2Si. The van der Waals surface area contributed by atoms with E-state index in [1.54, 1.807) is 0 Å². The molecule has 0 aliphatic heterocycles. The third-order valence-corrected chi connectivity index (χ3v) is 2.59. The normalized spacial score (nSPS) is 9.07. The van der Waals surface area contributed by atoms with Gasteiger partial charge in [-0.05, 0) is 24.3 Å².